The third-order valence-corrected chi connectivity index (χ3v) is 3.35. The van der Waals surface area contributed by atoms with Crippen molar-refractivity contribution in [2.24, 2.45) is 0 Å². The molecule has 0 bridgehead atoms. The molecule has 1 unspecified atom stereocenters. The molecule has 5 heteroatoms. The molecule has 0 saturated carbocycles. The highest BCUT2D eigenvalue weighted by Crippen LogP contribution is 2.24. The summed E-state index contributed by atoms with van der Waals surface area (Å²) < 4.78 is 0. The molecule has 0 spiro atoms. The molecule has 14 heavy (non-hydrogen) atoms. The van der Waals surface area contributed by atoms with Gasteiger partial charge in [0.1, 0.15) is 5.54 Å². The summed E-state index contributed by atoms with van der Waals surface area (Å²) in [6.45, 7) is 4.36. The molecule has 0 radical (unpaired) electrons. The fourth-order valence-corrected chi connectivity index (χ4v) is 1.89. The van der Waals surface area contributed by atoms with E-state index in [-0.39, 0.29) is 11.9 Å². The van der Waals surface area contributed by atoms with Crippen molar-refractivity contribution in [2.75, 3.05) is 18.6 Å². The Morgan fingerprint density at radius 1 is 1.50 bits per heavy atom. The molecule has 1 saturated heterocycles. The molecule has 80 valence electrons. The fraction of sp³-hybridized carbons (Fsp3) is 0.778. The van der Waals surface area contributed by atoms with Crippen LogP contribution in [0.1, 0.15) is 20.3 Å². The van der Waals surface area contributed by atoms with Crippen LogP contribution in [0.5, 0.6) is 0 Å². The third kappa shape index (κ3) is 1.73. The highest BCUT2D eigenvalue weighted by Gasteiger charge is 2.47. The molecule has 1 aliphatic rings. The minimum atomic E-state index is -0.646. The Kier molecular flexibility index (Phi) is 3.42. The van der Waals surface area contributed by atoms with Crippen LogP contribution in [-0.4, -0.2) is 40.9 Å². The number of amides is 3. The molecule has 0 aromatic heterocycles. The van der Waals surface area contributed by atoms with E-state index in [0.717, 1.165) is 5.75 Å². The lowest BCUT2D eigenvalue weighted by atomic mass is 9.98. The maximum Gasteiger partial charge on any atom is 0.325 e. The van der Waals surface area contributed by atoms with Gasteiger partial charge in [-0.15, -0.1) is 0 Å². The maximum absolute atomic E-state index is 11.5. The van der Waals surface area contributed by atoms with E-state index in [9.17, 15) is 9.59 Å². The molecule has 1 fully saturated rings. The topological polar surface area (TPSA) is 49.4 Å². The van der Waals surface area contributed by atoms with E-state index < -0.39 is 5.54 Å². The number of nitrogens with zero attached hydrogens (tertiary/aromatic N) is 1. The van der Waals surface area contributed by atoms with E-state index in [0.29, 0.717) is 13.0 Å². The van der Waals surface area contributed by atoms with Crippen molar-refractivity contribution in [3.8, 4) is 0 Å². The summed E-state index contributed by atoms with van der Waals surface area (Å²) in [7, 11) is 0. The zero-order chi connectivity index (χ0) is 10.8. The minimum absolute atomic E-state index is 0.175. The smallest absolute Gasteiger partial charge is 0.309 e. The minimum Gasteiger partial charge on any atom is -0.309 e. The summed E-state index contributed by atoms with van der Waals surface area (Å²) >= 11 is 1.67. The second-order valence-electron chi connectivity index (χ2n) is 3.53. The predicted octanol–water partition coefficient (Wildman–Crippen LogP) is 1.07. The van der Waals surface area contributed by atoms with Gasteiger partial charge in [-0.3, -0.25) is 10.1 Å². The van der Waals surface area contributed by atoms with Gasteiger partial charge in [0, 0.05) is 12.3 Å². The van der Waals surface area contributed by atoms with Gasteiger partial charge in [0.05, 0.1) is 0 Å². The molecular weight excluding hydrogens is 200 g/mol. The molecule has 0 aliphatic carbocycles. The second-order valence-corrected chi connectivity index (χ2v) is 4.52. The van der Waals surface area contributed by atoms with Gasteiger partial charge in [-0.1, -0.05) is 6.92 Å². The molecule has 0 aromatic carbocycles. The molecule has 1 heterocycles. The van der Waals surface area contributed by atoms with Crippen LogP contribution in [0.3, 0.4) is 0 Å². The number of carbonyl (C=O) groups is 2. The number of hydrogen-bond acceptors (Lipinski definition) is 3. The highest BCUT2D eigenvalue weighted by atomic mass is 32.2. The van der Waals surface area contributed by atoms with Crippen LogP contribution in [0.2, 0.25) is 0 Å². The van der Waals surface area contributed by atoms with Crippen molar-refractivity contribution in [1.29, 1.82) is 0 Å². The number of hydrogen-bond donors (Lipinski definition) is 1. The van der Waals surface area contributed by atoms with Gasteiger partial charge in [-0.25, -0.2) is 4.79 Å². The molecular formula is C9H16N2O2S. The summed E-state index contributed by atoms with van der Waals surface area (Å²) in [4.78, 5) is 24.6. The third-order valence-electron chi connectivity index (χ3n) is 2.76. The zero-order valence-corrected chi connectivity index (χ0v) is 9.61. The summed E-state index contributed by atoms with van der Waals surface area (Å²) in [5.74, 6) is 0.683. The van der Waals surface area contributed by atoms with Crippen molar-refractivity contribution in [1.82, 2.24) is 10.2 Å². The quantitative estimate of drug-likeness (QED) is 0.715. The first-order valence-corrected chi connectivity index (χ1v) is 6.07. The first-order valence-electron chi connectivity index (χ1n) is 4.68. The van der Waals surface area contributed by atoms with Crippen LogP contribution in [0, 0.1) is 0 Å². The molecule has 3 amide bonds. The van der Waals surface area contributed by atoms with Crippen LogP contribution in [0.15, 0.2) is 0 Å². The molecule has 1 N–H and O–H groups in total. The van der Waals surface area contributed by atoms with Gasteiger partial charge in [0.2, 0.25) is 0 Å². The lowest BCUT2D eigenvalue weighted by molar-refractivity contribution is -0.125. The van der Waals surface area contributed by atoms with Crippen molar-refractivity contribution < 1.29 is 9.59 Å². The Labute approximate surface area is 88.4 Å². The van der Waals surface area contributed by atoms with Crippen molar-refractivity contribution >= 4 is 23.7 Å². The Hall–Kier alpha value is -0.710. The molecule has 4 nitrogen and oxygen atoms in total. The van der Waals surface area contributed by atoms with Crippen LogP contribution in [-0.2, 0) is 4.79 Å². The van der Waals surface area contributed by atoms with Gasteiger partial charge in [0.15, 0.2) is 0 Å². The van der Waals surface area contributed by atoms with Crippen LogP contribution in [0.4, 0.5) is 4.79 Å². The fourth-order valence-electron chi connectivity index (χ4n) is 1.53. The normalized spacial score (nSPS) is 26.9. The van der Waals surface area contributed by atoms with E-state index in [1.54, 1.807) is 16.7 Å². The van der Waals surface area contributed by atoms with Gasteiger partial charge >= 0.3 is 6.03 Å². The first kappa shape index (κ1) is 11.4. The van der Waals surface area contributed by atoms with Crippen LogP contribution >= 0.6 is 11.8 Å². The lowest BCUT2D eigenvalue weighted by Crippen LogP contribution is -2.47. The maximum atomic E-state index is 11.5. The van der Waals surface area contributed by atoms with Crippen molar-refractivity contribution in [3.63, 3.8) is 0 Å². The Balaban J connectivity index is 2.78. The van der Waals surface area contributed by atoms with Crippen molar-refractivity contribution in [3.05, 3.63) is 0 Å². The second kappa shape index (κ2) is 4.21. The molecule has 1 atom stereocenters. The van der Waals surface area contributed by atoms with E-state index in [2.05, 4.69) is 5.32 Å². The molecule has 0 aromatic rings. The number of thioether (sulfide) groups is 1. The molecule has 1 aliphatic heterocycles. The van der Waals surface area contributed by atoms with E-state index >= 15 is 0 Å². The van der Waals surface area contributed by atoms with Gasteiger partial charge in [0.25, 0.3) is 5.91 Å². The molecule has 1 rings (SSSR count). The number of carbonyl (C=O) groups excluding carboxylic acids is 2. The van der Waals surface area contributed by atoms with Gasteiger partial charge < -0.3 is 4.90 Å². The zero-order valence-electron chi connectivity index (χ0n) is 8.79. The Morgan fingerprint density at radius 2 is 2.14 bits per heavy atom. The van der Waals surface area contributed by atoms with Crippen LogP contribution in [0.25, 0.3) is 0 Å². The Morgan fingerprint density at radius 3 is 2.64 bits per heavy atom. The summed E-state index contributed by atoms with van der Waals surface area (Å²) in [5.41, 5.74) is -0.646. The van der Waals surface area contributed by atoms with Gasteiger partial charge in [-0.2, -0.15) is 11.8 Å². The summed E-state index contributed by atoms with van der Waals surface area (Å²) in [6, 6.07) is -0.256. The van der Waals surface area contributed by atoms with Crippen LogP contribution < -0.4 is 5.32 Å². The monoisotopic (exact) mass is 216 g/mol. The average Bonchev–Trinajstić information content (AvgIpc) is 2.37. The van der Waals surface area contributed by atoms with E-state index in [1.165, 1.54) is 0 Å². The standard InChI is InChI=1S/C9H16N2O2S/c1-4-9(2)7(12)10-8(13)11(9)5-6-14-3/h4-6H2,1-3H3,(H,10,12,13). The number of urea groups is 1. The van der Waals surface area contributed by atoms with E-state index in [4.69, 9.17) is 0 Å². The SMILES string of the molecule is CCC1(C)C(=O)NC(=O)N1CCSC. The number of rotatable bonds is 4. The summed E-state index contributed by atoms with van der Waals surface area (Å²) in [6.07, 6.45) is 2.64. The highest BCUT2D eigenvalue weighted by molar-refractivity contribution is 7.98. The summed E-state index contributed by atoms with van der Waals surface area (Å²) in [5, 5.41) is 2.36. The lowest BCUT2D eigenvalue weighted by Gasteiger charge is -2.30. The van der Waals surface area contributed by atoms with E-state index in [1.807, 2.05) is 20.1 Å². The largest absolute Gasteiger partial charge is 0.325 e. The Bertz CT molecular complexity index is 257. The van der Waals surface area contributed by atoms with Crippen molar-refractivity contribution in [2.45, 2.75) is 25.8 Å². The number of imide groups is 1. The predicted molar refractivity (Wildman–Crippen MR) is 57.3 cm³/mol. The first-order chi connectivity index (χ1) is 6.56. The van der Waals surface area contributed by atoms with Gasteiger partial charge in [-0.05, 0) is 19.6 Å². The number of nitrogens with one attached hydrogen (secondary N) is 1. The average molecular weight is 216 g/mol.